The first-order valence-corrected chi connectivity index (χ1v) is 5.94. The molecule has 0 fully saturated rings. The molecular formula is C14H17N3O. The van der Waals surface area contributed by atoms with Gasteiger partial charge in [-0.2, -0.15) is 0 Å². The number of hydrogen-bond acceptors (Lipinski definition) is 4. The van der Waals surface area contributed by atoms with Crippen molar-refractivity contribution < 1.29 is 4.74 Å². The molecule has 2 heterocycles. The van der Waals surface area contributed by atoms with Crippen molar-refractivity contribution in [2.45, 2.75) is 26.0 Å². The topological polar surface area (TPSA) is 61.0 Å². The largest absolute Gasteiger partial charge is 0.489 e. The Labute approximate surface area is 107 Å². The summed E-state index contributed by atoms with van der Waals surface area (Å²) < 4.78 is 5.61. The molecule has 0 aliphatic rings. The molecule has 2 aromatic rings. The van der Waals surface area contributed by atoms with Crippen molar-refractivity contribution in [1.82, 2.24) is 9.97 Å². The first-order chi connectivity index (χ1) is 8.66. The van der Waals surface area contributed by atoms with Crippen LogP contribution in [-0.4, -0.2) is 16.1 Å². The van der Waals surface area contributed by atoms with Crippen molar-refractivity contribution in [3.8, 4) is 5.75 Å². The molecule has 0 bridgehead atoms. The third-order valence-corrected chi connectivity index (χ3v) is 2.51. The monoisotopic (exact) mass is 243 g/mol. The Morgan fingerprint density at radius 1 is 1.11 bits per heavy atom. The van der Waals surface area contributed by atoms with Crippen LogP contribution < -0.4 is 10.5 Å². The maximum Gasteiger partial charge on any atom is 0.138 e. The van der Waals surface area contributed by atoms with Crippen molar-refractivity contribution in [3.63, 3.8) is 0 Å². The van der Waals surface area contributed by atoms with Crippen LogP contribution in [0.1, 0.15) is 31.0 Å². The molecule has 0 radical (unpaired) electrons. The maximum atomic E-state index is 6.18. The zero-order valence-electron chi connectivity index (χ0n) is 10.6. The molecule has 2 aromatic heterocycles. The lowest BCUT2D eigenvalue weighted by Crippen LogP contribution is -2.13. The first-order valence-electron chi connectivity index (χ1n) is 5.94. The lowest BCUT2D eigenvalue weighted by atomic mass is 10.0. The number of ether oxygens (including phenoxy) is 1. The molecule has 2 rings (SSSR count). The molecule has 4 heteroatoms. The second-order valence-corrected chi connectivity index (χ2v) is 4.38. The molecule has 18 heavy (non-hydrogen) atoms. The Hall–Kier alpha value is -1.94. The van der Waals surface area contributed by atoms with Gasteiger partial charge in [-0.25, -0.2) is 0 Å². The lowest BCUT2D eigenvalue weighted by Gasteiger charge is -2.14. The second kappa shape index (κ2) is 5.60. The Morgan fingerprint density at radius 3 is 2.56 bits per heavy atom. The van der Waals surface area contributed by atoms with Gasteiger partial charge in [0.2, 0.25) is 0 Å². The summed E-state index contributed by atoms with van der Waals surface area (Å²) in [5, 5.41) is 0. The minimum Gasteiger partial charge on any atom is -0.489 e. The molecule has 0 aliphatic carbocycles. The van der Waals surface area contributed by atoms with E-state index in [9.17, 15) is 0 Å². The summed E-state index contributed by atoms with van der Waals surface area (Å²) in [4.78, 5) is 8.23. The zero-order chi connectivity index (χ0) is 13.0. The van der Waals surface area contributed by atoms with Crippen LogP contribution >= 0.6 is 0 Å². The Bertz CT molecular complexity index is 499. The Kier molecular flexibility index (Phi) is 3.89. The van der Waals surface area contributed by atoms with Crippen molar-refractivity contribution in [1.29, 1.82) is 0 Å². The van der Waals surface area contributed by atoms with E-state index in [0.29, 0.717) is 0 Å². The molecule has 1 atom stereocenters. The van der Waals surface area contributed by atoms with Gasteiger partial charge in [0.25, 0.3) is 0 Å². The van der Waals surface area contributed by atoms with Crippen LogP contribution in [0.15, 0.2) is 43.0 Å². The minimum atomic E-state index is -0.234. The summed E-state index contributed by atoms with van der Waals surface area (Å²) in [5.74, 6) is 0.738. The number of rotatable bonds is 4. The maximum absolute atomic E-state index is 6.18. The fourth-order valence-corrected chi connectivity index (χ4v) is 1.69. The quantitative estimate of drug-likeness (QED) is 0.895. The van der Waals surface area contributed by atoms with Crippen LogP contribution in [0.25, 0.3) is 0 Å². The standard InChI is InChI=1S/C14H17N3O/c1-10(2)18-13-6-12(8-17-9-13)14(15)11-4-3-5-16-7-11/h3-10,14H,15H2,1-2H3. The normalized spacial score (nSPS) is 12.4. The van der Waals surface area contributed by atoms with Crippen LogP contribution in [0, 0.1) is 0 Å². The van der Waals surface area contributed by atoms with Crippen molar-refractivity contribution >= 4 is 0 Å². The fraction of sp³-hybridized carbons (Fsp3) is 0.286. The second-order valence-electron chi connectivity index (χ2n) is 4.38. The van der Waals surface area contributed by atoms with Gasteiger partial charge in [0, 0.05) is 18.6 Å². The van der Waals surface area contributed by atoms with Gasteiger partial charge in [-0.05, 0) is 37.1 Å². The fourth-order valence-electron chi connectivity index (χ4n) is 1.69. The SMILES string of the molecule is CC(C)Oc1cncc(C(N)c2cccnc2)c1. The number of pyridine rings is 2. The van der Waals surface area contributed by atoms with Crippen LogP contribution in [0.3, 0.4) is 0 Å². The highest BCUT2D eigenvalue weighted by molar-refractivity contribution is 5.32. The van der Waals surface area contributed by atoms with Crippen molar-refractivity contribution in [3.05, 3.63) is 54.1 Å². The van der Waals surface area contributed by atoms with E-state index in [1.807, 2.05) is 32.0 Å². The summed E-state index contributed by atoms with van der Waals surface area (Å²) in [6.45, 7) is 3.96. The van der Waals surface area contributed by atoms with E-state index in [0.717, 1.165) is 16.9 Å². The van der Waals surface area contributed by atoms with Gasteiger partial charge in [0.1, 0.15) is 5.75 Å². The predicted octanol–water partition coefficient (Wildman–Crippen LogP) is 2.31. The van der Waals surface area contributed by atoms with Gasteiger partial charge >= 0.3 is 0 Å². The molecule has 94 valence electrons. The van der Waals surface area contributed by atoms with E-state index >= 15 is 0 Å². The van der Waals surface area contributed by atoms with Crippen molar-refractivity contribution in [2.75, 3.05) is 0 Å². The highest BCUT2D eigenvalue weighted by Gasteiger charge is 2.10. The molecule has 0 spiro atoms. The van der Waals surface area contributed by atoms with E-state index in [1.165, 1.54) is 0 Å². The summed E-state index contributed by atoms with van der Waals surface area (Å²) in [5.41, 5.74) is 8.06. The zero-order valence-corrected chi connectivity index (χ0v) is 10.6. The van der Waals surface area contributed by atoms with Gasteiger partial charge in [0.15, 0.2) is 0 Å². The summed E-state index contributed by atoms with van der Waals surface area (Å²) >= 11 is 0. The third-order valence-electron chi connectivity index (χ3n) is 2.51. The highest BCUT2D eigenvalue weighted by Crippen LogP contribution is 2.21. The van der Waals surface area contributed by atoms with Crippen LogP contribution in [0.4, 0.5) is 0 Å². The molecule has 0 saturated heterocycles. The van der Waals surface area contributed by atoms with Crippen molar-refractivity contribution in [2.24, 2.45) is 5.73 Å². The molecule has 1 unspecified atom stereocenters. The molecule has 0 aliphatic heterocycles. The average molecular weight is 243 g/mol. The van der Waals surface area contributed by atoms with Crippen LogP contribution in [0.5, 0.6) is 5.75 Å². The molecule has 0 amide bonds. The molecule has 4 nitrogen and oxygen atoms in total. The van der Waals surface area contributed by atoms with E-state index in [4.69, 9.17) is 10.5 Å². The molecule has 0 saturated carbocycles. The highest BCUT2D eigenvalue weighted by atomic mass is 16.5. The number of nitrogens with two attached hydrogens (primary N) is 1. The van der Waals surface area contributed by atoms with Gasteiger partial charge < -0.3 is 10.5 Å². The lowest BCUT2D eigenvalue weighted by molar-refractivity contribution is 0.241. The average Bonchev–Trinajstić information content (AvgIpc) is 2.38. The number of nitrogens with zero attached hydrogens (tertiary/aromatic N) is 2. The van der Waals surface area contributed by atoms with E-state index < -0.39 is 0 Å². The first kappa shape index (κ1) is 12.5. The molecular weight excluding hydrogens is 226 g/mol. The Balaban J connectivity index is 2.23. The summed E-state index contributed by atoms with van der Waals surface area (Å²) in [6.07, 6.45) is 7.06. The summed E-state index contributed by atoms with van der Waals surface area (Å²) in [7, 11) is 0. The summed E-state index contributed by atoms with van der Waals surface area (Å²) in [6, 6.07) is 5.51. The minimum absolute atomic E-state index is 0.122. The number of hydrogen-bond donors (Lipinski definition) is 1. The van der Waals surface area contributed by atoms with Crippen LogP contribution in [0.2, 0.25) is 0 Å². The predicted molar refractivity (Wildman–Crippen MR) is 70.3 cm³/mol. The number of aromatic nitrogens is 2. The van der Waals surface area contributed by atoms with Gasteiger partial charge in [0.05, 0.1) is 18.3 Å². The van der Waals surface area contributed by atoms with E-state index in [-0.39, 0.29) is 12.1 Å². The molecule has 0 aromatic carbocycles. The van der Waals surface area contributed by atoms with Gasteiger partial charge in [-0.1, -0.05) is 6.07 Å². The Morgan fingerprint density at radius 2 is 1.89 bits per heavy atom. The van der Waals surface area contributed by atoms with Gasteiger partial charge in [-0.3, -0.25) is 9.97 Å². The van der Waals surface area contributed by atoms with E-state index in [1.54, 1.807) is 24.8 Å². The van der Waals surface area contributed by atoms with Crippen LogP contribution in [-0.2, 0) is 0 Å². The molecule has 2 N–H and O–H groups in total. The van der Waals surface area contributed by atoms with Gasteiger partial charge in [-0.15, -0.1) is 0 Å². The third kappa shape index (κ3) is 3.05. The smallest absolute Gasteiger partial charge is 0.138 e. The van der Waals surface area contributed by atoms with E-state index in [2.05, 4.69) is 9.97 Å².